The van der Waals surface area contributed by atoms with Crippen molar-refractivity contribution in [2.45, 2.75) is 13.2 Å². The molecule has 0 saturated carbocycles. The topological polar surface area (TPSA) is 94.0 Å². The normalized spacial score (nSPS) is 15.5. The fraction of sp³-hybridized carbons (Fsp3) is 0.350. The largest absolute Gasteiger partial charge is 0.494 e. The van der Waals surface area contributed by atoms with E-state index >= 15 is 0 Å². The van der Waals surface area contributed by atoms with Crippen LogP contribution in [0.15, 0.2) is 45.6 Å². The van der Waals surface area contributed by atoms with Gasteiger partial charge in [0, 0.05) is 44.9 Å². The minimum atomic E-state index is -0.540. The van der Waals surface area contributed by atoms with Crippen molar-refractivity contribution < 1.29 is 18.5 Å². The van der Waals surface area contributed by atoms with Crippen molar-refractivity contribution in [2.24, 2.45) is 0 Å². The van der Waals surface area contributed by atoms with Crippen LogP contribution in [0.1, 0.15) is 5.56 Å². The molecule has 0 unspecified atom stereocenters. The van der Waals surface area contributed by atoms with E-state index in [1.165, 1.54) is 35.9 Å². The van der Waals surface area contributed by atoms with Gasteiger partial charge in [-0.15, -0.1) is 0 Å². The van der Waals surface area contributed by atoms with Crippen LogP contribution in [0.4, 0.5) is 10.1 Å². The molecular formula is C20H21FN4O5. The lowest BCUT2D eigenvalue weighted by Gasteiger charge is -2.34. The van der Waals surface area contributed by atoms with Crippen LogP contribution < -0.4 is 10.5 Å². The van der Waals surface area contributed by atoms with Gasteiger partial charge in [-0.25, -0.2) is 9.18 Å². The molecule has 0 bridgehead atoms. The monoisotopic (exact) mass is 416 g/mol. The summed E-state index contributed by atoms with van der Waals surface area (Å²) < 4.78 is 25.5. The van der Waals surface area contributed by atoms with Crippen LogP contribution in [-0.2, 0) is 13.2 Å². The Morgan fingerprint density at radius 1 is 1.13 bits per heavy atom. The molecule has 1 aromatic heterocycles. The average Bonchev–Trinajstić information content (AvgIpc) is 3.04. The summed E-state index contributed by atoms with van der Waals surface area (Å²) in [5, 5.41) is 11.0. The van der Waals surface area contributed by atoms with Gasteiger partial charge in [0.05, 0.1) is 24.2 Å². The maximum absolute atomic E-state index is 13.9. The van der Waals surface area contributed by atoms with Gasteiger partial charge in [0.25, 0.3) is 5.69 Å². The van der Waals surface area contributed by atoms with E-state index in [2.05, 4.69) is 9.80 Å². The van der Waals surface area contributed by atoms with Gasteiger partial charge >= 0.3 is 5.76 Å². The first-order chi connectivity index (χ1) is 14.4. The van der Waals surface area contributed by atoms with E-state index in [9.17, 15) is 19.3 Å². The molecule has 0 spiro atoms. The standard InChI is InChI=1S/C20H21FN4O5/c1-29-18-4-2-14(10-16(18)21)12-22-6-8-23(9-7-22)13-24-17-11-15(25(27)28)3-5-19(17)30-20(24)26/h2-5,10-11H,6-9,12-13H2,1H3. The Balaban J connectivity index is 1.41. The third kappa shape index (κ3) is 4.05. The molecule has 158 valence electrons. The van der Waals surface area contributed by atoms with Crippen molar-refractivity contribution >= 4 is 16.8 Å². The third-order valence-electron chi connectivity index (χ3n) is 5.29. The number of hydrogen-bond donors (Lipinski definition) is 0. The Kier molecular flexibility index (Phi) is 5.51. The van der Waals surface area contributed by atoms with Crippen LogP contribution in [0.5, 0.6) is 5.75 Å². The van der Waals surface area contributed by atoms with Crippen molar-refractivity contribution in [3.05, 3.63) is 68.4 Å². The predicted octanol–water partition coefficient (Wildman–Crippen LogP) is 2.43. The number of oxazole rings is 1. The van der Waals surface area contributed by atoms with Crippen molar-refractivity contribution in [1.29, 1.82) is 0 Å². The first-order valence-electron chi connectivity index (χ1n) is 9.49. The summed E-state index contributed by atoms with van der Waals surface area (Å²) in [4.78, 5) is 27.1. The first kappa shape index (κ1) is 20.0. The number of fused-ring (bicyclic) bond motifs is 1. The van der Waals surface area contributed by atoms with E-state index in [0.717, 1.165) is 18.7 Å². The van der Waals surface area contributed by atoms with Crippen LogP contribution in [0, 0.1) is 15.9 Å². The predicted molar refractivity (Wildman–Crippen MR) is 107 cm³/mol. The number of aromatic nitrogens is 1. The van der Waals surface area contributed by atoms with E-state index in [-0.39, 0.29) is 23.9 Å². The van der Waals surface area contributed by atoms with Crippen LogP contribution in [0.3, 0.4) is 0 Å². The lowest BCUT2D eigenvalue weighted by molar-refractivity contribution is -0.384. The van der Waals surface area contributed by atoms with Gasteiger partial charge in [-0.05, 0) is 23.8 Å². The molecule has 0 atom stereocenters. The highest BCUT2D eigenvalue weighted by Gasteiger charge is 2.21. The van der Waals surface area contributed by atoms with Gasteiger partial charge in [-0.2, -0.15) is 0 Å². The van der Waals surface area contributed by atoms with Crippen LogP contribution in [-0.4, -0.2) is 52.6 Å². The van der Waals surface area contributed by atoms with Gasteiger partial charge in [-0.3, -0.25) is 24.5 Å². The number of benzene rings is 2. The van der Waals surface area contributed by atoms with Crippen molar-refractivity contribution in [2.75, 3.05) is 33.3 Å². The van der Waals surface area contributed by atoms with Crippen LogP contribution in [0.25, 0.3) is 11.1 Å². The summed E-state index contributed by atoms with van der Waals surface area (Å²) in [5.41, 5.74) is 1.51. The highest BCUT2D eigenvalue weighted by atomic mass is 19.1. The van der Waals surface area contributed by atoms with Crippen LogP contribution in [0.2, 0.25) is 0 Å². The summed E-state index contributed by atoms with van der Waals surface area (Å²) in [7, 11) is 1.43. The Hall–Kier alpha value is -3.24. The number of rotatable bonds is 6. The molecule has 1 saturated heterocycles. The van der Waals surface area contributed by atoms with E-state index < -0.39 is 10.7 Å². The number of non-ortho nitro benzene ring substituents is 1. The van der Waals surface area contributed by atoms with E-state index in [1.54, 1.807) is 6.07 Å². The second-order valence-electron chi connectivity index (χ2n) is 7.21. The summed E-state index contributed by atoms with van der Waals surface area (Å²) in [6.45, 7) is 3.81. The average molecular weight is 416 g/mol. The Morgan fingerprint density at radius 2 is 1.87 bits per heavy atom. The smallest absolute Gasteiger partial charge is 0.421 e. The van der Waals surface area contributed by atoms with Gasteiger partial charge in [-0.1, -0.05) is 6.07 Å². The quantitative estimate of drug-likeness (QED) is 0.450. The molecule has 30 heavy (non-hydrogen) atoms. The highest BCUT2D eigenvalue weighted by molar-refractivity contribution is 5.75. The van der Waals surface area contributed by atoms with E-state index in [4.69, 9.17) is 9.15 Å². The molecule has 0 radical (unpaired) electrons. The minimum Gasteiger partial charge on any atom is -0.494 e. The third-order valence-corrected chi connectivity index (χ3v) is 5.29. The molecule has 3 aromatic rings. The second kappa shape index (κ2) is 8.25. The lowest BCUT2D eigenvalue weighted by atomic mass is 10.2. The molecule has 9 nitrogen and oxygen atoms in total. The van der Waals surface area contributed by atoms with Gasteiger partial charge in [0.1, 0.15) is 0 Å². The summed E-state index contributed by atoms with van der Waals surface area (Å²) in [6.07, 6.45) is 0. The fourth-order valence-corrected chi connectivity index (χ4v) is 3.65. The minimum absolute atomic E-state index is 0.0893. The molecule has 0 amide bonds. The number of nitro groups is 1. The number of ether oxygens (including phenoxy) is 1. The molecule has 0 N–H and O–H groups in total. The summed E-state index contributed by atoms with van der Waals surface area (Å²) >= 11 is 0. The molecule has 2 heterocycles. The second-order valence-corrected chi connectivity index (χ2v) is 7.21. The van der Waals surface area contributed by atoms with Crippen LogP contribution >= 0.6 is 0 Å². The first-order valence-corrected chi connectivity index (χ1v) is 9.49. The van der Waals surface area contributed by atoms with E-state index in [0.29, 0.717) is 30.7 Å². The highest BCUT2D eigenvalue weighted by Crippen LogP contribution is 2.21. The molecule has 10 heteroatoms. The number of hydrogen-bond acceptors (Lipinski definition) is 7. The molecule has 0 aliphatic carbocycles. The number of halogens is 1. The molecule has 1 aliphatic heterocycles. The summed E-state index contributed by atoms with van der Waals surface area (Å²) in [6, 6.07) is 9.06. The Morgan fingerprint density at radius 3 is 2.53 bits per heavy atom. The molecular weight excluding hydrogens is 395 g/mol. The zero-order valence-corrected chi connectivity index (χ0v) is 16.4. The van der Waals surface area contributed by atoms with Crippen molar-refractivity contribution in [3.8, 4) is 5.75 Å². The summed E-state index contributed by atoms with van der Waals surface area (Å²) in [5.74, 6) is -0.697. The van der Waals surface area contributed by atoms with Gasteiger partial charge in [0.15, 0.2) is 17.1 Å². The number of piperazine rings is 1. The molecule has 4 rings (SSSR count). The van der Waals surface area contributed by atoms with E-state index in [1.807, 2.05) is 6.07 Å². The maximum Gasteiger partial charge on any atom is 0.421 e. The number of nitrogens with zero attached hydrogens (tertiary/aromatic N) is 4. The number of nitro benzene ring substituents is 1. The maximum atomic E-state index is 13.9. The fourth-order valence-electron chi connectivity index (χ4n) is 3.65. The zero-order chi connectivity index (χ0) is 21.3. The lowest BCUT2D eigenvalue weighted by Crippen LogP contribution is -2.47. The van der Waals surface area contributed by atoms with Crippen molar-refractivity contribution in [3.63, 3.8) is 0 Å². The molecule has 1 aliphatic rings. The Labute approximate surface area is 171 Å². The van der Waals surface area contributed by atoms with Crippen molar-refractivity contribution in [1.82, 2.24) is 14.4 Å². The molecule has 2 aromatic carbocycles. The zero-order valence-electron chi connectivity index (χ0n) is 16.4. The van der Waals surface area contributed by atoms with Gasteiger partial charge < -0.3 is 9.15 Å². The number of methoxy groups -OCH3 is 1. The SMILES string of the molecule is COc1ccc(CN2CCN(Cn3c(=O)oc4ccc([N+](=O)[O-])cc43)CC2)cc1F. The molecule has 1 fully saturated rings. The Bertz CT molecular complexity index is 1130. The van der Waals surface area contributed by atoms with Gasteiger partial charge in [0.2, 0.25) is 0 Å².